The number of nitrogens with zero attached hydrogens (tertiary/aromatic N) is 4. The molecular weight excluding hydrogens is 220 g/mol. The van der Waals surface area contributed by atoms with Gasteiger partial charge in [-0.05, 0) is 13.0 Å². The molecule has 2 aromatic heterocycles. The van der Waals surface area contributed by atoms with Crippen LogP contribution in [0.4, 0.5) is 11.8 Å². The van der Waals surface area contributed by atoms with E-state index < -0.39 is 0 Å². The van der Waals surface area contributed by atoms with E-state index in [9.17, 15) is 0 Å². The predicted molar refractivity (Wildman–Crippen MR) is 62.7 cm³/mol. The summed E-state index contributed by atoms with van der Waals surface area (Å²) >= 11 is 0. The smallest absolute Gasteiger partial charge is 0.228 e. The fourth-order valence-electron chi connectivity index (χ4n) is 1.30. The van der Waals surface area contributed by atoms with Crippen LogP contribution in [0.25, 0.3) is 0 Å². The molecule has 0 spiro atoms. The number of nitrogens with one attached hydrogen (secondary N) is 2. The van der Waals surface area contributed by atoms with E-state index in [0.29, 0.717) is 24.8 Å². The second-order valence-corrected chi connectivity index (χ2v) is 3.31. The van der Waals surface area contributed by atoms with Gasteiger partial charge in [-0.1, -0.05) is 5.16 Å². The molecule has 0 atom stereocenters. The van der Waals surface area contributed by atoms with Crippen LogP contribution in [0.2, 0.25) is 0 Å². The number of rotatable bonds is 6. The predicted octanol–water partition coefficient (Wildman–Crippen LogP) is 0.946. The zero-order valence-corrected chi connectivity index (χ0v) is 9.55. The Bertz CT molecular complexity index is 444. The van der Waals surface area contributed by atoms with E-state index in [1.807, 2.05) is 13.0 Å². The standard InChI is InChI=1S/C10H14N6O/c1-2-11-10-13-5-3-8(16-10)12-6-4-9-14-7-15-17-9/h3,5,7H,2,4,6H2,1H3,(H2,11,12,13,16). The Kier molecular flexibility index (Phi) is 3.85. The first kappa shape index (κ1) is 11.3. The van der Waals surface area contributed by atoms with Crippen LogP contribution in [0.3, 0.4) is 0 Å². The van der Waals surface area contributed by atoms with Crippen molar-refractivity contribution in [2.45, 2.75) is 13.3 Å². The Hall–Kier alpha value is -2.18. The van der Waals surface area contributed by atoms with Gasteiger partial charge in [-0.25, -0.2) is 4.98 Å². The van der Waals surface area contributed by atoms with Crippen LogP contribution >= 0.6 is 0 Å². The highest BCUT2D eigenvalue weighted by molar-refractivity contribution is 5.39. The van der Waals surface area contributed by atoms with Crippen molar-refractivity contribution < 1.29 is 4.52 Å². The second kappa shape index (κ2) is 5.78. The van der Waals surface area contributed by atoms with Crippen LogP contribution in [0, 0.1) is 0 Å². The minimum Gasteiger partial charge on any atom is -0.369 e. The number of anilines is 2. The van der Waals surface area contributed by atoms with E-state index in [1.165, 1.54) is 6.33 Å². The van der Waals surface area contributed by atoms with E-state index in [1.54, 1.807) is 6.20 Å². The molecule has 7 heteroatoms. The first-order valence-electron chi connectivity index (χ1n) is 5.45. The molecule has 17 heavy (non-hydrogen) atoms. The Labute approximate surface area is 98.7 Å². The minimum absolute atomic E-state index is 0.610. The van der Waals surface area contributed by atoms with E-state index in [2.05, 4.69) is 30.7 Å². The lowest BCUT2D eigenvalue weighted by atomic mass is 10.4. The lowest BCUT2D eigenvalue weighted by molar-refractivity contribution is 0.379. The summed E-state index contributed by atoms with van der Waals surface area (Å²) in [5.41, 5.74) is 0. The molecule has 0 aromatic carbocycles. The van der Waals surface area contributed by atoms with E-state index in [-0.39, 0.29) is 0 Å². The van der Waals surface area contributed by atoms with Crippen LogP contribution in [-0.2, 0) is 6.42 Å². The summed E-state index contributed by atoms with van der Waals surface area (Å²) < 4.78 is 4.89. The quantitative estimate of drug-likeness (QED) is 0.769. The molecule has 0 saturated carbocycles. The largest absolute Gasteiger partial charge is 0.369 e. The van der Waals surface area contributed by atoms with Crippen molar-refractivity contribution in [1.82, 2.24) is 20.1 Å². The number of hydrogen-bond donors (Lipinski definition) is 2. The van der Waals surface area contributed by atoms with Gasteiger partial charge in [-0.2, -0.15) is 9.97 Å². The monoisotopic (exact) mass is 234 g/mol. The highest BCUT2D eigenvalue weighted by atomic mass is 16.5. The molecule has 0 aliphatic heterocycles. The Morgan fingerprint density at radius 3 is 3.00 bits per heavy atom. The average Bonchev–Trinajstić information content (AvgIpc) is 2.83. The van der Waals surface area contributed by atoms with Crippen molar-refractivity contribution >= 4 is 11.8 Å². The molecule has 2 N–H and O–H groups in total. The lowest BCUT2D eigenvalue weighted by Gasteiger charge is -2.05. The Morgan fingerprint density at radius 1 is 1.29 bits per heavy atom. The Morgan fingerprint density at radius 2 is 2.24 bits per heavy atom. The third-order valence-corrected chi connectivity index (χ3v) is 2.04. The van der Waals surface area contributed by atoms with Crippen LogP contribution in [0.5, 0.6) is 0 Å². The van der Waals surface area contributed by atoms with Crippen LogP contribution in [-0.4, -0.2) is 33.2 Å². The first-order valence-corrected chi connectivity index (χ1v) is 5.45. The summed E-state index contributed by atoms with van der Waals surface area (Å²) in [5, 5.41) is 9.75. The molecule has 90 valence electrons. The van der Waals surface area contributed by atoms with Gasteiger partial charge >= 0.3 is 0 Å². The maximum Gasteiger partial charge on any atom is 0.228 e. The highest BCUT2D eigenvalue weighted by Crippen LogP contribution is 2.05. The van der Waals surface area contributed by atoms with Crippen molar-refractivity contribution in [2.75, 3.05) is 23.7 Å². The van der Waals surface area contributed by atoms with E-state index >= 15 is 0 Å². The zero-order valence-electron chi connectivity index (χ0n) is 9.55. The SMILES string of the molecule is CCNc1nccc(NCCc2ncno2)n1. The van der Waals surface area contributed by atoms with E-state index in [4.69, 9.17) is 4.52 Å². The third kappa shape index (κ3) is 3.40. The molecule has 2 aromatic rings. The van der Waals surface area contributed by atoms with Crippen molar-refractivity contribution in [3.05, 3.63) is 24.5 Å². The summed E-state index contributed by atoms with van der Waals surface area (Å²) in [6.07, 6.45) is 3.77. The molecular formula is C10H14N6O. The van der Waals surface area contributed by atoms with Crippen molar-refractivity contribution in [3.63, 3.8) is 0 Å². The van der Waals surface area contributed by atoms with Crippen molar-refractivity contribution in [3.8, 4) is 0 Å². The van der Waals surface area contributed by atoms with Gasteiger partial charge in [-0.3, -0.25) is 0 Å². The van der Waals surface area contributed by atoms with Gasteiger partial charge < -0.3 is 15.2 Å². The van der Waals surface area contributed by atoms with Crippen molar-refractivity contribution in [1.29, 1.82) is 0 Å². The van der Waals surface area contributed by atoms with Gasteiger partial charge in [0.1, 0.15) is 5.82 Å². The van der Waals surface area contributed by atoms with Gasteiger partial charge in [0.25, 0.3) is 0 Å². The fourth-order valence-corrected chi connectivity index (χ4v) is 1.30. The molecule has 2 heterocycles. The number of aromatic nitrogens is 4. The first-order chi connectivity index (χ1) is 8.38. The average molecular weight is 234 g/mol. The molecule has 0 saturated heterocycles. The van der Waals surface area contributed by atoms with Crippen molar-refractivity contribution in [2.24, 2.45) is 0 Å². The summed E-state index contributed by atoms with van der Waals surface area (Å²) in [6.45, 7) is 3.48. The number of hydrogen-bond acceptors (Lipinski definition) is 7. The summed E-state index contributed by atoms with van der Waals surface area (Å²) in [6, 6.07) is 1.81. The van der Waals surface area contributed by atoms with Crippen LogP contribution < -0.4 is 10.6 Å². The third-order valence-electron chi connectivity index (χ3n) is 2.04. The van der Waals surface area contributed by atoms with Gasteiger partial charge in [-0.15, -0.1) is 0 Å². The summed E-state index contributed by atoms with van der Waals surface area (Å²) in [4.78, 5) is 12.3. The summed E-state index contributed by atoms with van der Waals surface area (Å²) in [5.74, 6) is 2.00. The molecule has 0 aliphatic rings. The molecule has 0 amide bonds. The van der Waals surface area contributed by atoms with Gasteiger partial charge in [0, 0.05) is 25.7 Å². The second-order valence-electron chi connectivity index (χ2n) is 3.31. The normalized spacial score (nSPS) is 10.2. The van der Waals surface area contributed by atoms with Crippen LogP contribution in [0.1, 0.15) is 12.8 Å². The van der Waals surface area contributed by atoms with E-state index in [0.717, 1.165) is 12.4 Å². The molecule has 7 nitrogen and oxygen atoms in total. The molecule has 0 bridgehead atoms. The summed E-state index contributed by atoms with van der Waals surface area (Å²) in [7, 11) is 0. The van der Waals surface area contributed by atoms with Crippen LogP contribution in [0.15, 0.2) is 23.1 Å². The van der Waals surface area contributed by atoms with Gasteiger partial charge in [0.05, 0.1) is 0 Å². The highest BCUT2D eigenvalue weighted by Gasteiger charge is 2.00. The van der Waals surface area contributed by atoms with Gasteiger partial charge in [0.2, 0.25) is 11.8 Å². The topological polar surface area (TPSA) is 88.8 Å². The lowest BCUT2D eigenvalue weighted by Crippen LogP contribution is -2.08. The molecule has 0 fully saturated rings. The molecule has 2 rings (SSSR count). The maximum atomic E-state index is 4.89. The zero-order chi connectivity index (χ0) is 11.9. The molecule has 0 radical (unpaired) electrons. The Balaban J connectivity index is 1.84. The van der Waals surface area contributed by atoms with Gasteiger partial charge in [0.15, 0.2) is 6.33 Å². The maximum absolute atomic E-state index is 4.89. The minimum atomic E-state index is 0.610. The molecule has 0 unspecified atom stereocenters. The molecule has 0 aliphatic carbocycles. The fraction of sp³-hybridized carbons (Fsp3) is 0.400.